The van der Waals surface area contributed by atoms with Crippen molar-refractivity contribution in [2.45, 2.75) is 19.6 Å². The Kier molecular flexibility index (Phi) is 7.22. The lowest BCUT2D eigenvalue weighted by molar-refractivity contribution is 0.0938. The number of aromatic nitrogens is 4. The highest BCUT2D eigenvalue weighted by atomic mass is 16.5. The van der Waals surface area contributed by atoms with Gasteiger partial charge in [0, 0.05) is 7.05 Å². The van der Waals surface area contributed by atoms with Gasteiger partial charge in [0.2, 0.25) is 5.95 Å². The Morgan fingerprint density at radius 1 is 1.17 bits per heavy atom. The molecule has 0 spiro atoms. The number of nitrogens with one attached hydrogen (secondary N) is 2. The fraction of sp³-hybridized carbons (Fsp3) is 0.200. The molecular formula is C25H26N6O4. The van der Waals surface area contributed by atoms with E-state index in [4.69, 9.17) is 4.74 Å². The zero-order chi connectivity index (χ0) is 24.8. The molecule has 0 aliphatic rings. The molecule has 0 amide bonds. The number of hydrogen-bond acceptors (Lipinski definition) is 7. The molecule has 4 aromatic rings. The van der Waals surface area contributed by atoms with Crippen molar-refractivity contribution in [3.05, 3.63) is 93.1 Å². The van der Waals surface area contributed by atoms with Crippen LogP contribution in [0.25, 0.3) is 17.2 Å². The Labute approximate surface area is 200 Å². The summed E-state index contributed by atoms with van der Waals surface area (Å²) in [6.45, 7) is 1.79. The number of aliphatic hydroxyl groups is 1. The maximum atomic E-state index is 12.6. The molecule has 0 aliphatic heterocycles. The lowest BCUT2D eigenvalue weighted by Gasteiger charge is -2.15. The number of aryl methyl sites for hydroxylation is 1. The summed E-state index contributed by atoms with van der Waals surface area (Å²) in [6, 6.07) is 18.9. The molecule has 1 atom stereocenters. The predicted octanol–water partition coefficient (Wildman–Crippen LogP) is 2.36. The predicted molar refractivity (Wildman–Crippen MR) is 136 cm³/mol. The summed E-state index contributed by atoms with van der Waals surface area (Å²) in [7, 11) is 1.51. The molecule has 0 aliphatic carbocycles. The molecule has 4 rings (SSSR count). The molecule has 35 heavy (non-hydrogen) atoms. The zero-order valence-electron chi connectivity index (χ0n) is 19.4. The second-order valence-corrected chi connectivity index (χ2v) is 7.92. The highest BCUT2D eigenvalue weighted by Gasteiger charge is 2.20. The number of aliphatic hydroxyl groups excluding tert-OH is 1. The van der Waals surface area contributed by atoms with E-state index in [2.05, 4.69) is 20.5 Å². The van der Waals surface area contributed by atoms with E-state index in [1.54, 1.807) is 12.1 Å². The average molecular weight is 475 g/mol. The number of fused-ring (bicyclic) bond motifs is 1. The number of H-pyrrole nitrogens is 1. The van der Waals surface area contributed by atoms with Crippen molar-refractivity contribution < 1.29 is 9.84 Å². The molecule has 0 saturated carbocycles. The third kappa shape index (κ3) is 5.74. The molecule has 0 radical (unpaired) electrons. The first-order valence-corrected chi connectivity index (χ1v) is 11.0. The first-order chi connectivity index (χ1) is 16.9. The number of nitrogens with zero attached hydrogens (tertiary/aromatic N) is 4. The molecular weight excluding hydrogens is 448 g/mol. The molecule has 0 bridgehead atoms. The second kappa shape index (κ2) is 10.7. The van der Waals surface area contributed by atoms with Gasteiger partial charge >= 0.3 is 5.69 Å². The second-order valence-electron chi connectivity index (χ2n) is 7.92. The molecule has 0 unspecified atom stereocenters. The average Bonchev–Trinajstić information content (AvgIpc) is 3.23. The molecule has 2 aromatic heterocycles. The van der Waals surface area contributed by atoms with Gasteiger partial charge < -0.3 is 14.4 Å². The molecule has 2 aromatic carbocycles. The molecule has 10 heteroatoms. The van der Waals surface area contributed by atoms with Crippen LogP contribution >= 0.6 is 0 Å². The van der Waals surface area contributed by atoms with Crippen LogP contribution in [0.2, 0.25) is 0 Å². The number of rotatable bonds is 9. The molecule has 180 valence electrons. The highest BCUT2D eigenvalue weighted by molar-refractivity contribution is 5.96. The van der Waals surface area contributed by atoms with Gasteiger partial charge in [-0.2, -0.15) is 10.1 Å². The third-order valence-electron chi connectivity index (χ3n) is 5.23. The van der Waals surface area contributed by atoms with E-state index < -0.39 is 17.4 Å². The molecule has 0 fully saturated rings. The fourth-order valence-electron chi connectivity index (χ4n) is 3.43. The minimum atomic E-state index is -0.965. The van der Waals surface area contributed by atoms with Crippen molar-refractivity contribution in [1.29, 1.82) is 0 Å². The lowest BCUT2D eigenvalue weighted by Crippen LogP contribution is -2.30. The number of hydrogen-bond donors (Lipinski definition) is 3. The Hall–Kier alpha value is -4.44. The number of imidazole rings is 1. The van der Waals surface area contributed by atoms with E-state index in [1.165, 1.54) is 16.2 Å². The van der Waals surface area contributed by atoms with E-state index in [0.717, 1.165) is 5.56 Å². The minimum Gasteiger partial charge on any atom is -0.491 e. The van der Waals surface area contributed by atoms with Crippen molar-refractivity contribution in [1.82, 2.24) is 19.1 Å². The highest BCUT2D eigenvalue weighted by Crippen LogP contribution is 2.17. The first kappa shape index (κ1) is 23.7. The van der Waals surface area contributed by atoms with Gasteiger partial charge in [0.05, 0.1) is 12.3 Å². The summed E-state index contributed by atoms with van der Waals surface area (Å²) in [5.41, 5.74) is 3.66. The minimum absolute atomic E-state index is 0.00505. The number of aromatic amines is 1. The number of para-hydroxylation sites is 1. The topological polar surface area (TPSA) is 127 Å². The largest absolute Gasteiger partial charge is 0.491 e. The van der Waals surface area contributed by atoms with Crippen LogP contribution < -0.4 is 21.4 Å². The van der Waals surface area contributed by atoms with Crippen LogP contribution in [0.5, 0.6) is 5.75 Å². The van der Waals surface area contributed by atoms with E-state index in [-0.39, 0.29) is 30.3 Å². The molecule has 10 nitrogen and oxygen atoms in total. The zero-order valence-corrected chi connectivity index (χ0v) is 19.4. The van der Waals surface area contributed by atoms with Gasteiger partial charge in [0.1, 0.15) is 18.5 Å². The first-order valence-electron chi connectivity index (χ1n) is 11.0. The van der Waals surface area contributed by atoms with Crippen LogP contribution in [0, 0.1) is 0 Å². The number of hydrazone groups is 1. The molecule has 0 saturated heterocycles. The summed E-state index contributed by atoms with van der Waals surface area (Å²) in [6.07, 6.45) is 2.79. The lowest BCUT2D eigenvalue weighted by atomic mass is 10.2. The van der Waals surface area contributed by atoms with Gasteiger partial charge in [0.15, 0.2) is 11.2 Å². The maximum absolute atomic E-state index is 12.6. The van der Waals surface area contributed by atoms with Gasteiger partial charge in [-0.05, 0) is 30.7 Å². The van der Waals surface area contributed by atoms with Gasteiger partial charge in [-0.15, -0.1) is 0 Å². The van der Waals surface area contributed by atoms with E-state index >= 15 is 0 Å². The molecule has 2 heterocycles. The Morgan fingerprint density at radius 3 is 2.57 bits per heavy atom. The van der Waals surface area contributed by atoms with Gasteiger partial charge in [-0.1, -0.05) is 54.6 Å². The Bertz CT molecular complexity index is 1470. The Balaban J connectivity index is 1.60. The summed E-state index contributed by atoms with van der Waals surface area (Å²) < 4.78 is 8.36. The van der Waals surface area contributed by atoms with Crippen molar-refractivity contribution in [2.75, 3.05) is 12.0 Å². The van der Waals surface area contributed by atoms with Crippen molar-refractivity contribution in [3.63, 3.8) is 0 Å². The summed E-state index contributed by atoms with van der Waals surface area (Å²) >= 11 is 0. The van der Waals surface area contributed by atoms with Crippen LogP contribution in [0.3, 0.4) is 0 Å². The number of ether oxygens (including phenoxy) is 1. The summed E-state index contributed by atoms with van der Waals surface area (Å²) in [5, 5.41) is 15.0. The van der Waals surface area contributed by atoms with Crippen LogP contribution in [-0.4, -0.2) is 42.6 Å². The van der Waals surface area contributed by atoms with Crippen LogP contribution in [-0.2, 0) is 13.6 Å². The summed E-state index contributed by atoms with van der Waals surface area (Å²) in [5.74, 6) is 0.823. The quantitative estimate of drug-likeness (QED) is 0.253. The van der Waals surface area contributed by atoms with Crippen LogP contribution in [0.4, 0.5) is 5.95 Å². The molecule has 3 N–H and O–H groups in total. The van der Waals surface area contributed by atoms with Crippen LogP contribution in [0.15, 0.2) is 81.4 Å². The Morgan fingerprint density at radius 2 is 1.86 bits per heavy atom. The fourth-order valence-corrected chi connectivity index (χ4v) is 3.43. The summed E-state index contributed by atoms with van der Waals surface area (Å²) in [4.78, 5) is 31.4. The van der Waals surface area contributed by atoms with E-state index in [9.17, 15) is 14.7 Å². The van der Waals surface area contributed by atoms with Gasteiger partial charge in [-0.3, -0.25) is 14.3 Å². The van der Waals surface area contributed by atoms with E-state index in [1.807, 2.05) is 67.6 Å². The van der Waals surface area contributed by atoms with Gasteiger partial charge in [-0.25, -0.2) is 10.2 Å². The maximum Gasteiger partial charge on any atom is 0.329 e. The van der Waals surface area contributed by atoms with Crippen molar-refractivity contribution >= 4 is 28.9 Å². The van der Waals surface area contributed by atoms with Crippen molar-refractivity contribution in [2.24, 2.45) is 12.1 Å². The monoisotopic (exact) mass is 474 g/mol. The standard InChI is InChI=1S/C25H26N6O4/c1-17(13-14-18-9-5-3-6-10-18)28-29-24-26-22-21(23(33)27-25(34)30(22)2)31(24)15-19(32)16-35-20-11-7-4-8-12-20/h3-14,19,32H,15-16H2,1-2H3,(H,26,29)(H,27,33,34)/b14-13+,28-17+/t19-/m0/s1. The normalized spacial score (nSPS) is 12.8. The van der Waals surface area contributed by atoms with E-state index in [0.29, 0.717) is 11.5 Å². The number of allylic oxidation sites excluding steroid dienone is 1. The van der Waals surface area contributed by atoms with Gasteiger partial charge in [0.25, 0.3) is 5.56 Å². The van der Waals surface area contributed by atoms with Crippen molar-refractivity contribution in [3.8, 4) is 5.75 Å². The number of benzene rings is 2. The smallest absolute Gasteiger partial charge is 0.329 e. The SMILES string of the molecule is CC(/C=C/c1ccccc1)=N\Nc1nc2c(c(=O)[nH]c(=O)n2C)n1C[C@H](O)COc1ccccc1. The van der Waals surface area contributed by atoms with Crippen LogP contribution in [0.1, 0.15) is 12.5 Å². The number of anilines is 1. The third-order valence-corrected chi connectivity index (χ3v) is 5.23.